The number of aryl methyl sites for hydroxylation is 2. The van der Waals surface area contributed by atoms with Gasteiger partial charge in [-0.25, -0.2) is 4.98 Å². The van der Waals surface area contributed by atoms with Gasteiger partial charge in [0.25, 0.3) is 0 Å². The Bertz CT molecular complexity index is 805. The number of rotatable bonds is 9. The fourth-order valence-electron chi connectivity index (χ4n) is 4.21. The maximum atomic E-state index is 4.65. The van der Waals surface area contributed by atoms with Crippen molar-refractivity contribution in [3.05, 3.63) is 30.1 Å². The molecule has 1 aliphatic rings. The highest BCUT2D eigenvalue weighted by molar-refractivity contribution is 5.79. The Morgan fingerprint density at radius 1 is 1.13 bits per heavy atom. The molecule has 7 nitrogen and oxygen atoms in total. The standard InChI is InChI=1S/C23H39N7/c1-5-28-13-15-29(16-14-28)18-19(2)17-26-23(24-4)25-11-8-12-30-20(3)27-21-9-6-7-10-22(21)30/h6-7,9-10,19H,5,8,11-18H2,1-4H3,(H2,24,25,26). The van der Waals surface area contributed by atoms with Gasteiger partial charge in [0, 0.05) is 59.4 Å². The number of benzene rings is 1. The van der Waals surface area contributed by atoms with E-state index in [4.69, 9.17) is 0 Å². The van der Waals surface area contributed by atoms with Gasteiger partial charge in [0.2, 0.25) is 0 Å². The van der Waals surface area contributed by atoms with Crippen molar-refractivity contribution < 1.29 is 0 Å². The molecule has 0 amide bonds. The fourth-order valence-corrected chi connectivity index (χ4v) is 4.21. The molecular weight excluding hydrogens is 374 g/mol. The minimum absolute atomic E-state index is 0.594. The van der Waals surface area contributed by atoms with Crippen LogP contribution < -0.4 is 10.6 Å². The second-order valence-electron chi connectivity index (χ2n) is 8.37. The zero-order valence-electron chi connectivity index (χ0n) is 19.2. The van der Waals surface area contributed by atoms with Gasteiger partial charge in [-0.05, 0) is 37.9 Å². The predicted octanol–water partition coefficient (Wildman–Crippen LogP) is 2.17. The molecular formula is C23H39N7. The Kier molecular flexibility index (Phi) is 8.51. The molecule has 2 N–H and O–H groups in total. The number of fused-ring (bicyclic) bond motifs is 1. The van der Waals surface area contributed by atoms with E-state index in [0.717, 1.165) is 49.9 Å². The maximum Gasteiger partial charge on any atom is 0.190 e. The van der Waals surface area contributed by atoms with Gasteiger partial charge in [-0.1, -0.05) is 26.0 Å². The summed E-state index contributed by atoms with van der Waals surface area (Å²) in [7, 11) is 1.84. The van der Waals surface area contributed by atoms with Crippen LogP contribution in [0.3, 0.4) is 0 Å². The number of hydrogen-bond acceptors (Lipinski definition) is 4. The summed E-state index contributed by atoms with van der Waals surface area (Å²) in [5, 5.41) is 6.95. The number of imidazole rings is 1. The van der Waals surface area contributed by atoms with Crippen LogP contribution in [-0.4, -0.2) is 84.7 Å². The normalized spacial score (nSPS) is 17.4. The third-order valence-corrected chi connectivity index (χ3v) is 6.02. The minimum atomic E-state index is 0.594. The third-order valence-electron chi connectivity index (χ3n) is 6.02. The Balaban J connectivity index is 1.35. The smallest absolute Gasteiger partial charge is 0.190 e. The SMILES string of the molecule is CCN1CCN(CC(C)CNC(=NC)NCCCn2c(C)nc3ccccc32)CC1. The Morgan fingerprint density at radius 2 is 1.87 bits per heavy atom. The zero-order chi connectivity index (χ0) is 21.3. The van der Waals surface area contributed by atoms with Crippen molar-refractivity contribution in [1.82, 2.24) is 30.0 Å². The van der Waals surface area contributed by atoms with Crippen molar-refractivity contribution in [3.8, 4) is 0 Å². The van der Waals surface area contributed by atoms with Gasteiger partial charge in [0.05, 0.1) is 11.0 Å². The molecule has 0 spiro atoms. The van der Waals surface area contributed by atoms with Crippen molar-refractivity contribution in [2.45, 2.75) is 33.7 Å². The van der Waals surface area contributed by atoms with E-state index < -0.39 is 0 Å². The molecule has 166 valence electrons. The first-order valence-corrected chi connectivity index (χ1v) is 11.4. The lowest BCUT2D eigenvalue weighted by Crippen LogP contribution is -2.48. The van der Waals surface area contributed by atoms with Crippen molar-refractivity contribution in [2.75, 3.05) is 59.4 Å². The molecule has 0 saturated carbocycles. The summed E-state index contributed by atoms with van der Waals surface area (Å²) in [5.74, 6) is 2.56. The molecule has 0 aliphatic carbocycles. The van der Waals surface area contributed by atoms with Crippen LogP contribution >= 0.6 is 0 Å². The largest absolute Gasteiger partial charge is 0.356 e. The molecule has 0 radical (unpaired) electrons. The van der Waals surface area contributed by atoms with Crippen LogP contribution in [0.1, 0.15) is 26.1 Å². The predicted molar refractivity (Wildman–Crippen MR) is 126 cm³/mol. The minimum Gasteiger partial charge on any atom is -0.356 e. The number of aliphatic imine (C=N–C) groups is 1. The maximum absolute atomic E-state index is 4.65. The number of hydrogen-bond donors (Lipinski definition) is 2. The van der Waals surface area contributed by atoms with Crippen LogP contribution in [0.4, 0.5) is 0 Å². The van der Waals surface area contributed by atoms with Gasteiger partial charge in [-0.15, -0.1) is 0 Å². The number of piperazine rings is 1. The average molecular weight is 414 g/mol. The lowest BCUT2D eigenvalue weighted by atomic mass is 10.1. The molecule has 1 aromatic heterocycles. The average Bonchev–Trinajstić information content (AvgIpc) is 3.08. The van der Waals surface area contributed by atoms with Crippen molar-refractivity contribution in [3.63, 3.8) is 0 Å². The number of nitrogens with one attached hydrogen (secondary N) is 2. The molecule has 1 fully saturated rings. The van der Waals surface area contributed by atoms with Crippen molar-refractivity contribution in [1.29, 1.82) is 0 Å². The first kappa shape index (κ1) is 22.6. The van der Waals surface area contributed by atoms with E-state index in [2.05, 4.69) is 73.9 Å². The van der Waals surface area contributed by atoms with E-state index >= 15 is 0 Å². The molecule has 1 unspecified atom stereocenters. The first-order valence-electron chi connectivity index (χ1n) is 11.4. The quantitative estimate of drug-likeness (QED) is 0.375. The van der Waals surface area contributed by atoms with Crippen LogP contribution in [0.2, 0.25) is 0 Å². The van der Waals surface area contributed by atoms with Gasteiger partial charge in [0.15, 0.2) is 5.96 Å². The second-order valence-corrected chi connectivity index (χ2v) is 8.37. The van der Waals surface area contributed by atoms with Crippen LogP contribution in [0.25, 0.3) is 11.0 Å². The number of aromatic nitrogens is 2. The van der Waals surface area contributed by atoms with Crippen LogP contribution in [0.15, 0.2) is 29.3 Å². The molecule has 3 rings (SSSR count). The molecule has 0 bridgehead atoms. The fraction of sp³-hybridized carbons (Fsp3) is 0.652. The van der Waals surface area contributed by atoms with E-state index in [9.17, 15) is 0 Å². The number of para-hydroxylation sites is 2. The number of likely N-dealkylation sites (N-methyl/N-ethyl adjacent to an activating group) is 1. The lowest BCUT2D eigenvalue weighted by molar-refractivity contribution is 0.124. The van der Waals surface area contributed by atoms with Gasteiger partial charge < -0.3 is 25.0 Å². The van der Waals surface area contributed by atoms with Crippen molar-refractivity contribution in [2.24, 2.45) is 10.9 Å². The zero-order valence-corrected chi connectivity index (χ0v) is 19.2. The van der Waals surface area contributed by atoms with Crippen LogP contribution in [-0.2, 0) is 6.54 Å². The van der Waals surface area contributed by atoms with E-state index in [1.807, 2.05) is 13.1 Å². The lowest BCUT2D eigenvalue weighted by Gasteiger charge is -2.35. The van der Waals surface area contributed by atoms with Crippen LogP contribution in [0, 0.1) is 12.8 Å². The summed E-state index contributed by atoms with van der Waals surface area (Å²) in [5.41, 5.74) is 2.29. The van der Waals surface area contributed by atoms with E-state index in [1.54, 1.807) is 0 Å². The summed E-state index contributed by atoms with van der Waals surface area (Å²) in [6, 6.07) is 8.34. The molecule has 1 saturated heterocycles. The van der Waals surface area contributed by atoms with Gasteiger partial charge in [-0.3, -0.25) is 4.99 Å². The Labute approximate surface area is 181 Å². The monoisotopic (exact) mass is 413 g/mol. The summed E-state index contributed by atoms with van der Waals surface area (Å²) < 4.78 is 2.30. The number of nitrogens with zero attached hydrogens (tertiary/aromatic N) is 5. The molecule has 7 heteroatoms. The topological polar surface area (TPSA) is 60.7 Å². The number of guanidine groups is 1. The van der Waals surface area contributed by atoms with E-state index in [-0.39, 0.29) is 0 Å². The van der Waals surface area contributed by atoms with Gasteiger partial charge in [0.1, 0.15) is 5.82 Å². The van der Waals surface area contributed by atoms with E-state index in [0.29, 0.717) is 5.92 Å². The first-order chi connectivity index (χ1) is 14.6. The van der Waals surface area contributed by atoms with Gasteiger partial charge in [-0.2, -0.15) is 0 Å². The molecule has 1 aliphatic heterocycles. The summed E-state index contributed by atoms with van der Waals surface area (Å²) in [4.78, 5) is 14.2. The van der Waals surface area contributed by atoms with E-state index in [1.165, 1.54) is 38.2 Å². The Morgan fingerprint density at radius 3 is 2.60 bits per heavy atom. The van der Waals surface area contributed by atoms with Gasteiger partial charge >= 0.3 is 0 Å². The highest BCUT2D eigenvalue weighted by Crippen LogP contribution is 2.15. The summed E-state index contributed by atoms with van der Waals surface area (Å²) in [6.45, 7) is 16.5. The Hall–Kier alpha value is -2.12. The molecule has 30 heavy (non-hydrogen) atoms. The van der Waals surface area contributed by atoms with Crippen LogP contribution in [0.5, 0.6) is 0 Å². The summed E-state index contributed by atoms with van der Waals surface area (Å²) in [6.07, 6.45) is 1.03. The van der Waals surface area contributed by atoms with Crippen molar-refractivity contribution >= 4 is 17.0 Å². The highest BCUT2D eigenvalue weighted by Gasteiger charge is 2.17. The molecule has 2 aromatic rings. The molecule has 1 aromatic carbocycles. The third kappa shape index (κ3) is 6.19. The second kappa shape index (κ2) is 11.3. The highest BCUT2D eigenvalue weighted by atomic mass is 15.3. The molecule has 2 heterocycles. The molecule has 1 atom stereocenters. The summed E-state index contributed by atoms with van der Waals surface area (Å²) >= 11 is 0.